The van der Waals surface area contributed by atoms with E-state index in [0.717, 1.165) is 112 Å². The second-order valence-corrected chi connectivity index (χ2v) is 18.3. The zero-order valence-corrected chi connectivity index (χ0v) is 39.3. The molecule has 8 aromatic carbocycles. The molecule has 2 aliphatic heterocycles. The zero-order chi connectivity index (χ0) is 47.8. The van der Waals surface area contributed by atoms with E-state index in [-0.39, 0.29) is 0 Å². The van der Waals surface area contributed by atoms with Crippen LogP contribution in [0.2, 0.25) is 0 Å². The van der Waals surface area contributed by atoms with E-state index in [9.17, 15) is 0 Å². The smallest absolute Gasteiger partial charge is 0.0737 e. The van der Waals surface area contributed by atoms with Crippen molar-refractivity contribution in [2.45, 2.75) is 0 Å². The van der Waals surface area contributed by atoms with E-state index in [1.807, 2.05) is 0 Å². The van der Waals surface area contributed by atoms with Crippen LogP contribution in [-0.2, 0) is 0 Å². The van der Waals surface area contributed by atoms with Gasteiger partial charge in [-0.25, -0.2) is 9.97 Å². The van der Waals surface area contributed by atoms with Crippen molar-refractivity contribution in [3.8, 4) is 89.0 Å². The van der Waals surface area contributed by atoms with Crippen LogP contribution in [0.25, 0.3) is 135 Å². The Morgan fingerprint density at radius 2 is 0.361 bits per heavy atom. The highest BCUT2D eigenvalue weighted by Crippen LogP contribution is 2.40. The van der Waals surface area contributed by atoms with Crippen molar-refractivity contribution >= 4 is 46.4 Å². The highest BCUT2D eigenvalue weighted by Gasteiger charge is 2.20. The molecule has 0 aliphatic carbocycles. The second-order valence-electron chi connectivity index (χ2n) is 18.3. The Morgan fingerprint density at radius 1 is 0.181 bits per heavy atom. The fraction of sp³-hybridized carbons (Fsp3) is 0. The van der Waals surface area contributed by atoms with Gasteiger partial charge in [0.25, 0.3) is 0 Å². The van der Waals surface area contributed by atoms with Crippen LogP contribution in [0.3, 0.4) is 0 Å². The van der Waals surface area contributed by atoms with E-state index in [1.165, 1.54) is 22.3 Å². The van der Waals surface area contributed by atoms with Crippen molar-refractivity contribution in [1.29, 1.82) is 0 Å². The molecule has 0 fully saturated rings. The fourth-order valence-corrected chi connectivity index (χ4v) is 10.3. The summed E-state index contributed by atoms with van der Waals surface area (Å²) in [5.74, 6) is 0. The number of hydrogen-bond donors (Lipinski definition) is 2. The van der Waals surface area contributed by atoms with Gasteiger partial charge in [0.2, 0.25) is 0 Å². The molecule has 338 valence electrons. The average Bonchev–Trinajstić information content (AvgIpc) is 4.32. The number of aromatic amines is 2. The Labute approximate surface area is 418 Å². The monoisotopic (exact) mass is 918 g/mol. The molecule has 11 aromatic rings. The molecule has 3 aromatic heterocycles. The molecule has 0 saturated carbocycles. The van der Waals surface area contributed by atoms with Crippen molar-refractivity contribution in [3.05, 3.63) is 265 Å². The molecule has 8 bridgehead atoms. The molecular formula is C68H46N4. The van der Waals surface area contributed by atoms with Gasteiger partial charge in [-0.2, -0.15) is 0 Å². The highest BCUT2D eigenvalue weighted by atomic mass is 14.8. The summed E-state index contributed by atoms with van der Waals surface area (Å²) in [6.45, 7) is 0. The molecule has 2 aliphatic rings. The Balaban J connectivity index is 1.09. The predicted molar refractivity (Wildman–Crippen MR) is 302 cm³/mol. The Kier molecular flexibility index (Phi) is 10.8. The van der Waals surface area contributed by atoms with Crippen LogP contribution in [0, 0.1) is 0 Å². The minimum atomic E-state index is 0.872. The quantitative estimate of drug-likeness (QED) is 0.160. The second kappa shape index (κ2) is 18.4. The van der Waals surface area contributed by atoms with Gasteiger partial charge >= 0.3 is 0 Å². The molecular weight excluding hydrogens is 873 g/mol. The van der Waals surface area contributed by atoms with Gasteiger partial charge in [0.15, 0.2) is 0 Å². The zero-order valence-electron chi connectivity index (χ0n) is 39.3. The maximum atomic E-state index is 5.59. The molecule has 13 rings (SSSR count). The van der Waals surface area contributed by atoms with Gasteiger partial charge in [0.1, 0.15) is 0 Å². The number of aromatic nitrogens is 4. The van der Waals surface area contributed by atoms with Gasteiger partial charge in [-0.1, -0.05) is 218 Å². The molecule has 72 heavy (non-hydrogen) atoms. The molecule has 4 nitrogen and oxygen atoms in total. The topological polar surface area (TPSA) is 57.4 Å². The minimum Gasteiger partial charge on any atom is -0.354 e. The maximum absolute atomic E-state index is 5.59. The lowest BCUT2D eigenvalue weighted by atomic mass is 9.99. The lowest BCUT2D eigenvalue weighted by Gasteiger charge is -2.09. The lowest BCUT2D eigenvalue weighted by molar-refractivity contribution is 1.31. The van der Waals surface area contributed by atoms with Gasteiger partial charge in [0, 0.05) is 44.3 Å². The number of nitrogens with one attached hydrogen (secondary N) is 2. The third-order valence-electron chi connectivity index (χ3n) is 13.9. The lowest BCUT2D eigenvalue weighted by Crippen LogP contribution is -1.90. The van der Waals surface area contributed by atoms with Crippen molar-refractivity contribution in [2.75, 3.05) is 0 Å². The minimum absolute atomic E-state index is 0.872. The van der Waals surface area contributed by atoms with Crippen molar-refractivity contribution in [1.82, 2.24) is 19.9 Å². The average molecular weight is 919 g/mol. The summed E-state index contributed by atoms with van der Waals surface area (Å²) >= 11 is 0. The van der Waals surface area contributed by atoms with Crippen LogP contribution < -0.4 is 0 Å². The Hall–Kier alpha value is -9.64. The van der Waals surface area contributed by atoms with E-state index in [1.54, 1.807) is 0 Å². The normalized spacial score (nSPS) is 11.8. The van der Waals surface area contributed by atoms with Gasteiger partial charge in [-0.15, -0.1) is 0 Å². The molecule has 2 N–H and O–H groups in total. The third kappa shape index (κ3) is 8.07. The summed E-state index contributed by atoms with van der Waals surface area (Å²) in [4.78, 5) is 19.1. The van der Waals surface area contributed by atoms with Crippen LogP contribution in [0.5, 0.6) is 0 Å². The number of H-pyrrole nitrogens is 2. The molecule has 0 saturated heterocycles. The predicted octanol–water partition coefficient (Wildman–Crippen LogP) is 18.0. The number of fused-ring (bicyclic) bond motifs is 8. The summed E-state index contributed by atoms with van der Waals surface area (Å²) in [5, 5.41) is 0. The summed E-state index contributed by atoms with van der Waals surface area (Å²) in [7, 11) is 0. The summed E-state index contributed by atoms with van der Waals surface area (Å²) in [6, 6.07) is 86.4. The largest absolute Gasteiger partial charge is 0.354 e. The summed E-state index contributed by atoms with van der Waals surface area (Å²) < 4.78 is 0. The van der Waals surface area contributed by atoms with E-state index >= 15 is 0 Å². The van der Waals surface area contributed by atoms with E-state index in [4.69, 9.17) is 9.97 Å². The van der Waals surface area contributed by atoms with E-state index in [2.05, 4.69) is 277 Å². The van der Waals surface area contributed by atoms with Crippen LogP contribution >= 0.6 is 0 Å². The molecule has 0 atom stereocenters. The first-order valence-electron chi connectivity index (χ1n) is 24.5. The number of rotatable bonds is 8. The van der Waals surface area contributed by atoms with Crippen LogP contribution in [0.4, 0.5) is 0 Å². The molecule has 0 unspecified atom stereocenters. The molecule has 0 radical (unpaired) electrons. The molecule has 0 spiro atoms. The van der Waals surface area contributed by atoms with Crippen molar-refractivity contribution in [2.24, 2.45) is 0 Å². The highest BCUT2D eigenvalue weighted by molar-refractivity contribution is 6.00. The van der Waals surface area contributed by atoms with Gasteiger partial charge in [-0.05, 0) is 115 Å². The first-order valence-corrected chi connectivity index (χ1v) is 24.5. The molecule has 4 heteroatoms. The van der Waals surface area contributed by atoms with Crippen molar-refractivity contribution < 1.29 is 0 Å². The Bertz CT molecular complexity index is 3480. The number of benzene rings is 8. The molecule has 0 amide bonds. The van der Waals surface area contributed by atoms with Crippen LogP contribution in [0.15, 0.2) is 243 Å². The SMILES string of the molecule is C1=Cc2nc1c(-c1ccc(-c3ccccc3)cc1)c1ccc([nH]1)c(-c1ccc(-c3ccccc3)cc1)c1nc(c(-c3ccc(-c4ccccc4)cc3)c3ccc([nH]3)c2-c2ccc(-c3ccccc3)cc2)C=C1. The maximum Gasteiger partial charge on any atom is 0.0737 e. The summed E-state index contributed by atoms with van der Waals surface area (Å²) in [6.07, 6.45) is 8.67. The van der Waals surface area contributed by atoms with Crippen LogP contribution in [-0.4, -0.2) is 19.9 Å². The van der Waals surface area contributed by atoms with Gasteiger partial charge in [0.05, 0.1) is 22.8 Å². The summed E-state index contributed by atoms with van der Waals surface area (Å²) in [5.41, 5.74) is 24.9. The standard InChI is InChI=1S/C68H46N4/c1-5-13-45(14-6-1)49-21-29-53(30-22-49)65-57-37-39-59(69-57)66(54-31-23-50(24-32-54)46-15-7-2-8-16-46)61-41-43-63(71-61)68(56-35-27-52(28-36-56)48-19-11-4-12-20-48)64-44-42-62(72-64)67(60-40-38-58(65)70-60)55-33-25-51(26-34-55)47-17-9-3-10-18-47/h1-44,69,72H. The number of hydrogen-bond acceptors (Lipinski definition) is 2. The third-order valence-corrected chi connectivity index (χ3v) is 13.9. The van der Waals surface area contributed by atoms with Gasteiger partial charge in [-0.3, -0.25) is 0 Å². The first-order chi connectivity index (χ1) is 35.7. The fourth-order valence-electron chi connectivity index (χ4n) is 10.3. The number of nitrogens with zero attached hydrogens (tertiary/aromatic N) is 2. The van der Waals surface area contributed by atoms with Crippen molar-refractivity contribution in [3.63, 3.8) is 0 Å². The van der Waals surface area contributed by atoms with Crippen LogP contribution in [0.1, 0.15) is 22.8 Å². The van der Waals surface area contributed by atoms with E-state index < -0.39 is 0 Å². The van der Waals surface area contributed by atoms with E-state index in [0.29, 0.717) is 0 Å². The van der Waals surface area contributed by atoms with Gasteiger partial charge < -0.3 is 9.97 Å². The molecule has 5 heterocycles. The first kappa shape index (κ1) is 42.5. The Morgan fingerprint density at radius 3 is 0.569 bits per heavy atom.